The van der Waals surface area contributed by atoms with Crippen LogP contribution in [0, 0.1) is 0 Å². The molecule has 0 saturated heterocycles. The first-order valence-corrected chi connectivity index (χ1v) is 7.71. The minimum atomic E-state index is -2.94. The zero-order valence-electron chi connectivity index (χ0n) is 14.2. The van der Waals surface area contributed by atoms with Gasteiger partial charge in [0.1, 0.15) is 17.9 Å². The number of ether oxygens (including phenoxy) is 3. The fraction of sp³-hybridized carbons (Fsp3) is 0.400. The Bertz CT molecular complexity index is 796. The molecule has 0 atom stereocenters. The standard InChI is InChI=1S/C15H18F2N6O3/c1-18-15(20-6-13-21-7-22-23(13)2)19-5-9-3-11-12(25-8-24-11)4-10(9)26-14(16)17/h3-4,7,14H,5-6,8H2,1-2H3,(H2,18,19,20). The second-order valence-electron chi connectivity index (χ2n) is 5.27. The Morgan fingerprint density at radius 3 is 2.69 bits per heavy atom. The lowest BCUT2D eigenvalue weighted by Gasteiger charge is -2.15. The first kappa shape index (κ1) is 17.7. The summed E-state index contributed by atoms with van der Waals surface area (Å²) in [6.45, 7) is -2.31. The van der Waals surface area contributed by atoms with E-state index in [0.29, 0.717) is 29.6 Å². The third kappa shape index (κ3) is 4.10. The van der Waals surface area contributed by atoms with Crippen molar-refractivity contribution in [3.63, 3.8) is 0 Å². The molecule has 0 bridgehead atoms. The molecule has 1 aliphatic rings. The van der Waals surface area contributed by atoms with Crippen molar-refractivity contribution in [1.82, 2.24) is 25.4 Å². The molecule has 26 heavy (non-hydrogen) atoms. The third-order valence-corrected chi connectivity index (χ3v) is 3.66. The minimum absolute atomic E-state index is 0.0144. The van der Waals surface area contributed by atoms with Crippen LogP contribution >= 0.6 is 0 Å². The summed E-state index contributed by atoms with van der Waals surface area (Å²) in [5.41, 5.74) is 0.483. The second-order valence-corrected chi connectivity index (χ2v) is 5.27. The van der Waals surface area contributed by atoms with Crippen LogP contribution in [0.5, 0.6) is 17.2 Å². The van der Waals surface area contributed by atoms with Crippen LogP contribution in [-0.4, -0.2) is 41.2 Å². The number of nitrogens with one attached hydrogen (secondary N) is 2. The summed E-state index contributed by atoms with van der Waals surface area (Å²) in [4.78, 5) is 8.19. The molecule has 0 unspecified atom stereocenters. The van der Waals surface area contributed by atoms with E-state index in [1.165, 1.54) is 12.4 Å². The van der Waals surface area contributed by atoms with Crippen LogP contribution < -0.4 is 24.8 Å². The van der Waals surface area contributed by atoms with E-state index in [1.54, 1.807) is 24.8 Å². The van der Waals surface area contributed by atoms with Crippen molar-refractivity contribution in [3.8, 4) is 17.2 Å². The summed E-state index contributed by atoms with van der Waals surface area (Å²) < 4.78 is 42.0. The monoisotopic (exact) mass is 368 g/mol. The van der Waals surface area contributed by atoms with Crippen molar-refractivity contribution in [2.75, 3.05) is 13.8 Å². The highest BCUT2D eigenvalue weighted by molar-refractivity contribution is 5.79. The van der Waals surface area contributed by atoms with E-state index in [1.807, 2.05) is 0 Å². The van der Waals surface area contributed by atoms with Crippen LogP contribution in [0.1, 0.15) is 11.4 Å². The molecule has 1 aromatic carbocycles. The van der Waals surface area contributed by atoms with Crippen molar-refractivity contribution >= 4 is 5.96 Å². The second kappa shape index (κ2) is 7.85. The van der Waals surface area contributed by atoms with Gasteiger partial charge in [0.15, 0.2) is 17.5 Å². The summed E-state index contributed by atoms with van der Waals surface area (Å²) in [5.74, 6) is 2.05. The van der Waals surface area contributed by atoms with Gasteiger partial charge in [-0.3, -0.25) is 9.67 Å². The van der Waals surface area contributed by atoms with Gasteiger partial charge >= 0.3 is 6.61 Å². The summed E-state index contributed by atoms with van der Waals surface area (Å²) in [6, 6.07) is 2.99. The molecule has 2 heterocycles. The van der Waals surface area contributed by atoms with E-state index >= 15 is 0 Å². The number of halogens is 2. The number of fused-ring (bicyclic) bond motifs is 1. The number of hydrogen-bond donors (Lipinski definition) is 2. The van der Waals surface area contributed by atoms with Crippen LogP contribution in [0.25, 0.3) is 0 Å². The highest BCUT2D eigenvalue weighted by Crippen LogP contribution is 2.38. The molecule has 9 nitrogen and oxygen atoms in total. The third-order valence-electron chi connectivity index (χ3n) is 3.66. The molecule has 0 spiro atoms. The lowest BCUT2D eigenvalue weighted by Crippen LogP contribution is -2.37. The molecule has 0 saturated carbocycles. The number of rotatable bonds is 6. The summed E-state index contributed by atoms with van der Waals surface area (Å²) in [7, 11) is 3.38. The Kier molecular flexibility index (Phi) is 5.34. The number of nitrogens with zero attached hydrogens (tertiary/aromatic N) is 4. The van der Waals surface area contributed by atoms with Gasteiger partial charge in [0, 0.05) is 32.3 Å². The fourth-order valence-electron chi connectivity index (χ4n) is 2.35. The van der Waals surface area contributed by atoms with Crippen molar-refractivity contribution in [2.45, 2.75) is 19.7 Å². The number of aromatic nitrogens is 3. The molecule has 0 aliphatic carbocycles. The van der Waals surface area contributed by atoms with Crippen LogP contribution in [0.2, 0.25) is 0 Å². The number of aliphatic imine (C=N–C) groups is 1. The maximum absolute atomic E-state index is 12.7. The predicted octanol–water partition coefficient (Wildman–Crippen LogP) is 1.01. The van der Waals surface area contributed by atoms with E-state index in [4.69, 9.17) is 9.47 Å². The highest BCUT2D eigenvalue weighted by atomic mass is 19.3. The maximum Gasteiger partial charge on any atom is 0.387 e. The van der Waals surface area contributed by atoms with Crippen LogP contribution in [-0.2, 0) is 20.1 Å². The fourth-order valence-corrected chi connectivity index (χ4v) is 2.35. The molecule has 0 fully saturated rings. The molecule has 1 aromatic heterocycles. The summed E-state index contributed by atoms with van der Waals surface area (Å²) in [6.07, 6.45) is 1.45. The van der Waals surface area contributed by atoms with Gasteiger partial charge in [-0.25, -0.2) is 4.98 Å². The number of aryl methyl sites for hydroxylation is 1. The molecule has 0 radical (unpaired) electrons. The number of guanidine groups is 1. The molecular formula is C15H18F2N6O3. The van der Waals surface area contributed by atoms with Crippen LogP contribution in [0.15, 0.2) is 23.5 Å². The Balaban J connectivity index is 1.66. The van der Waals surface area contributed by atoms with Crippen molar-refractivity contribution in [2.24, 2.45) is 12.0 Å². The number of hydrogen-bond acceptors (Lipinski definition) is 6. The predicted molar refractivity (Wildman–Crippen MR) is 87.2 cm³/mol. The van der Waals surface area contributed by atoms with Gasteiger partial charge in [-0.05, 0) is 6.07 Å². The van der Waals surface area contributed by atoms with E-state index in [2.05, 4.69) is 30.4 Å². The van der Waals surface area contributed by atoms with Crippen LogP contribution in [0.4, 0.5) is 8.78 Å². The van der Waals surface area contributed by atoms with E-state index in [9.17, 15) is 8.78 Å². The van der Waals surface area contributed by atoms with Crippen molar-refractivity contribution in [1.29, 1.82) is 0 Å². The molecule has 11 heteroatoms. The van der Waals surface area contributed by atoms with Crippen molar-refractivity contribution < 1.29 is 23.0 Å². The number of alkyl halides is 2. The first-order chi connectivity index (χ1) is 12.6. The molecule has 2 N–H and O–H groups in total. The summed E-state index contributed by atoms with van der Waals surface area (Å²) in [5, 5.41) is 10.1. The Morgan fingerprint density at radius 1 is 1.31 bits per heavy atom. The van der Waals surface area contributed by atoms with Gasteiger partial charge in [-0.1, -0.05) is 0 Å². The minimum Gasteiger partial charge on any atom is -0.454 e. The van der Waals surface area contributed by atoms with Crippen LogP contribution in [0.3, 0.4) is 0 Å². The Hall–Kier alpha value is -3.11. The highest BCUT2D eigenvalue weighted by Gasteiger charge is 2.20. The average molecular weight is 368 g/mol. The van der Waals surface area contributed by atoms with Gasteiger partial charge in [0.05, 0.1) is 6.54 Å². The quantitative estimate of drug-likeness (QED) is 0.580. The SMILES string of the molecule is CN=C(NCc1cc2c(cc1OC(F)F)OCO2)NCc1ncnn1C. The lowest BCUT2D eigenvalue weighted by molar-refractivity contribution is -0.0505. The largest absolute Gasteiger partial charge is 0.454 e. The molecule has 2 aromatic rings. The average Bonchev–Trinajstić information content (AvgIpc) is 3.22. The van der Waals surface area contributed by atoms with Gasteiger partial charge < -0.3 is 24.8 Å². The Labute approximate surface area is 148 Å². The topological polar surface area (TPSA) is 94.8 Å². The molecule has 0 amide bonds. The summed E-state index contributed by atoms with van der Waals surface area (Å²) >= 11 is 0. The van der Waals surface area contributed by atoms with Gasteiger partial charge in [-0.15, -0.1) is 0 Å². The molecule has 1 aliphatic heterocycles. The smallest absolute Gasteiger partial charge is 0.387 e. The number of benzene rings is 1. The lowest BCUT2D eigenvalue weighted by atomic mass is 10.1. The van der Waals surface area contributed by atoms with Gasteiger partial charge in [0.2, 0.25) is 6.79 Å². The van der Waals surface area contributed by atoms with Crippen molar-refractivity contribution in [3.05, 3.63) is 29.8 Å². The van der Waals surface area contributed by atoms with E-state index < -0.39 is 6.61 Å². The Morgan fingerprint density at radius 2 is 2.04 bits per heavy atom. The van der Waals surface area contributed by atoms with Gasteiger partial charge in [-0.2, -0.15) is 13.9 Å². The zero-order chi connectivity index (χ0) is 18.5. The van der Waals surface area contributed by atoms with E-state index in [0.717, 1.165) is 5.82 Å². The maximum atomic E-state index is 12.7. The normalized spacial score (nSPS) is 13.2. The first-order valence-electron chi connectivity index (χ1n) is 7.71. The molecule has 140 valence electrons. The van der Waals surface area contributed by atoms with E-state index in [-0.39, 0.29) is 19.1 Å². The molecule has 3 rings (SSSR count). The zero-order valence-corrected chi connectivity index (χ0v) is 14.2. The van der Waals surface area contributed by atoms with Gasteiger partial charge in [0.25, 0.3) is 0 Å². The molecular weight excluding hydrogens is 350 g/mol.